The molecular formula is C17H19F2NO. The summed E-state index contributed by atoms with van der Waals surface area (Å²) in [5.41, 5.74) is 2.71. The number of aryl methyl sites for hydroxylation is 2. The Labute approximate surface area is 123 Å². The number of rotatable bonds is 5. The van der Waals surface area contributed by atoms with E-state index in [2.05, 4.69) is 5.32 Å². The molecule has 0 radical (unpaired) electrons. The first-order valence-electron chi connectivity index (χ1n) is 6.87. The Morgan fingerprint density at radius 3 is 2.38 bits per heavy atom. The number of halogens is 2. The van der Waals surface area contributed by atoms with Gasteiger partial charge in [-0.25, -0.2) is 8.78 Å². The molecule has 2 N–H and O–H groups in total. The largest absolute Gasteiger partial charge is 0.387 e. The number of benzene rings is 2. The number of aliphatic hydroxyl groups excluding tert-OH is 1. The van der Waals surface area contributed by atoms with Crippen molar-refractivity contribution in [2.75, 3.05) is 6.54 Å². The Morgan fingerprint density at radius 1 is 1.10 bits per heavy atom. The van der Waals surface area contributed by atoms with Crippen LogP contribution in [-0.4, -0.2) is 11.7 Å². The van der Waals surface area contributed by atoms with E-state index in [0.717, 1.165) is 5.56 Å². The molecule has 0 heterocycles. The van der Waals surface area contributed by atoms with Gasteiger partial charge in [-0.3, -0.25) is 0 Å². The van der Waals surface area contributed by atoms with E-state index in [1.54, 1.807) is 38.1 Å². The van der Waals surface area contributed by atoms with Crippen LogP contribution in [0.25, 0.3) is 0 Å². The molecule has 0 fully saturated rings. The standard InChI is InChI=1S/C17H19F2NO/c1-11-6-13(7-12(2)17(11)19)9-20-10-16(21)14-4-3-5-15(18)8-14/h3-8,16,20-21H,9-10H2,1-2H3. The molecule has 0 saturated carbocycles. The Kier molecular flexibility index (Phi) is 5.04. The summed E-state index contributed by atoms with van der Waals surface area (Å²) in [5, 5.41) is 13.1. The maximum atomic E-state index is 13.5. The summed E-state index contributed by atoms with van der Waals surface area (Å²) in [4.78, 5) is 0. The molecule has 0 spiro atoms. The molecule has 0 aliphatic carbocycles. The average molecular weight is 291 g/mol. The number of hydrogen-bond donors (Lipinski definition) is 2. The highest BCUT2D eigenvalue weighted by atomic mass is 19.1. The fraction of sp³-hybridized carbons (Fsp3) is 0.294. The van der Waals surface area contributed by atoms with Crippen LogP contribution in [0.3, 0.4) is 0 Å². The van der Waals surface area contributed by atoms with Gasteiger partial charge in [0.2, 0.25) is 0 Å². The zero-order valence-corrected chi connectivity index (χ0v) is 12.2. The van der Waals surface area contributed by atoms with Crippen LogP contribution < -0.4 is 5.32 Å². The summed E-state index contributed by atoms with van der Waals surface area (Å²) in [6, 6.07) is 9.47. The molecule has 2 nitrogen and oxygen atoms in total. The zero-order chi connectivity index (χ0) is 15.4. The van der Waals surface area contributed by atoms with E-state index in [-0.39, 0.29) is 11.6 Å². The van der Waals surface area contributed by atoms with E-state index >= 15 is 0 Å². The Hall–Kier alpha value is -1.78. The summed E-state index contributed by atoms with van der Waals surface area (Å²) >= 11 is 0. The maximum Gasteiger partial charge on any atom is 0.129 e. The highest BCUT2D eigenvalue weighted by Crippen LogP contribution is 2.16. The molecule has 4 heteroatoms. The molecule has 0 aliphatic heterocycles. The van der Waals surface area contributed by atoms with E-state index in [0.29, 0.717) is 29.8 Å². The van der Waals surface area contributed by atoms with Gasteiger partial charge in [0.15, 0.2) is 0 Å². The van der Waals surface area contributed by atoms with Crippen molar-refractivity contribution < 1.29 is 13.9 Å². The molecular weight excluding hydrogens is 272 g/mol. The van der Waals surface area contributed by atoms with Gasteiger partial charge in [-0.2, -0.15) is 0 Å². The van der Waals surface area contributed by atoms with Crippen LogP contribution in [0.15, 0.2) is 36.4 Å². The minimum absolute atomic E-state index is 0.182. The number of aliphatic hydroxyl groups is 1. The van der Waals surface area contributed by atoms with Gasteiger partial charge < -0.3 is 10.4 Å². The lowest BCUT2D eigenvalue weighted by molar-refractivity contribution is 0.174. The lowest BCUT2D eigenvalue weighted by Gasteiger charge is -2.13. The highest BCUT2D eigenvalue weighted by Gasteiger charge is 2.09. The van der Waals surface area contributed by atoms with Crippen LogP contribution in [0.5, 0.6) is 0 Å². The molecule has 21 heavy (non-hydrogen) atoms. The first kappa shape index (κ1) is 15.6. The predicted octanol–water partition coefficient (Wildman–Crippen LogP) is 3.40. The van der Waals surface area contributed by atoms with Crippen molar-refractivity contribution in [3.8, 4) is 0 Å². The van der Waals surface area contributed by atoms with Gasteiger partial charge in [0.1, 0.15) is 11.6 Å². The summed E-state index contributed by atoms with van der Waals surface area (Å²) in [5.74, 6) is -0.546. The lowest BCUT2D eigenvalue weighted by atomic mass is 10.1. The lowest BCUT2D eigenvalue weighted by Crippen LogP contribution is -2.21. The third kappa shape index (κ3) is 4.09. The van der Waals surface area contributed by atoms with Crippen molar-refractivity contribution in [2.24, 2.45) is 0 Å². The molecule has 0 aromatic heterocycles. The quantitative estimate of drug-likeness (QED) is 0.885. The summed E-state index contributed by atoms with van der Waals surface area (Å²) in [6.45, 7) is 4.29. The maximum absolute atomic E-state index is 13.5. The van der Waals surface area contributed by atoms with Gasteiger partial charge in [-0.15, -0.1) is 0 Å². The summed E-state index contributed by atoms with van der Waals surface area (Å²) in [7, 11) is 0. The highest BCUT2D eigenvalue weighted by molar-refractivity contribution is 5.30. The Balaban J connectivity index is 1.92. The average Bonchev–Trinajstić information content (AvgIpc) is 2.44. The monoisotopic (exact) mass is 291 g/mol. The molecule has 2 rings (SSSR count). The zero-order valence-electron chi connectivity index (χ0n) is 12.2. The van der Waals surface area contributed by atoms with E-state index in [9.17, 15) is 13.9 Å². The number of hydrogen-bond acceptors (Lipinski definition) is 2. The van der Waals surface area contributed by atoms with Gasteiger partial charge in [0, 0.05) is 13.1 Å². The van der Waals surface area contributed by atoms with E-state index < -0.39 is 6.10 Å². The minimum atomic E-state index is -0.775. The van der Waals surface area contributed by atoms with Crippen molar-refractivity contribution >= 4 is 0 Å². The first-order valence-corrected chi connectivity index (χ1v) is 6.87. The van der Waals surface area contributed by atoms with E-state index in [1.807, 2.05) is 0 Å². The van der Waals surface area contributed by atoms with Gasteiger partial charge in [0.05, 0.1) is 6.10 Å². The van der Waals surface area contributed by atoms with Crippen molar-refractivity contribution in [3.05, 3.63) is 70.3 Å². The topological polar surface area (TPSA) is 32.3 Å². The SMILES string of the molecule is Cc1cc(CNCC(O)c2cccc(F)c2)cc(C)c1F. The molecule has 1 atom stereocenters. The molecule has 2 aromatic carbocycles. The third-order valence-electron chi connectivity index (χ3n) is 3.40. The smallest absolute Gasteiger partial charge is 0.129 e. The fourth-order valence-electron chi connectivity index (χ4n) is 2.32. The fourth-order valence-corrected chi connectivity index (χ4v) is 2.32. The van der Waals surface area contributed by atoms with Gasteiger partial charge in [-0.05, 0) is 48.2 Å². The normalized spacial score (nSPS) is 12.4. The second-order valence-corrected chi connectivity index (χ2v) is 5.25. The van der Waals surface area contributed by atoms with E-state index in [1.165, 1.54) is 12.1 Å². The molecule has 112 valence electrons. The summed E-state index contributed by atoms with van der Waals surface area (Å²) in [6.07, 6.45) is -0.775. The molecule has 1 unspecified atom stereocenters. The van der Waals surface area contributed by atoms with Crippen molar-refractivity contribution in [1.82, 2.24) is 5.32 Å². The van der Waals surface area contributed by atoms with Gasteiger partial charge in [-0.1, -0.05) is 24.3 Å². The van der Waals surface area contributed by atoms with Crippen molar-refractivity contribution in [2.45, 2.75) is 26.5 Å². The molecule has 0 saturated heterocycles. The molecule has 0 bridgehead atoms. The Morgan fingerprint density at radius 2 is 1.76 bits per heavy atom. The third-order valence-corrected chi connectivity index (χ3v) is 3.40. The Bertz CT molecular complexity index is 605. The molecule has 2 aromatic rings. The summed E-state index contributed by atoms with van der Waals surface area (Å²) < 4.78 is 26.6. The second kappa shape index (κ2) is 6.78. The van der Waals surface area contributed by atoms with Crippen molar-refractivity contribution in [3.63, 3.8) is 0 Å². The number of nitrogens with one attached hydrogen (secondary N) is 1. The van der Waals surface area contributed by atoms with Gasteiger partial charge in [0.25, 0.3) is 0 Å². The van der Waals surface area contributed by atoms with Crippen LogP contribution in [-0.2, 0) is 6.54 Å². The van der Waals surface area contributed by atoms with E-state index in [4.69, 9.17) is 0 Å². The second-order valence-electron chi connectivity index (χ2n) is 5.25. The molecule has 0 amide bonds. The van der Waals surface area contributed by atoms with Crippen LogP contribution in [0.4, 0.5) is 8.78 Å². The molecule has 0 aliphatic rings. The van der Waals surface area contributed by atoms with Crippen molar-refractivity contribution in [1.29, 1.82) is 0 Å². The van der Waals surface area contributed by atoms with Crippen LogP contribution >= 0.6 is 0 Å². The predicted molar refractivity (Wildman–Crippen MR) is 78.9 cm³/mol. The minimum Gasteiger partial charge on any atom is -0.387 e. The van der Waals surface area contributed by atoms with Crippen LogP contribution in [0, 0.1) is 25.5 Å². The van der Waals surface area contributed by atoms with Crippen LogP contribution in [0.2, 0.25) is 0 Å². The van der Waals surface area contributed by atoms with Gasteiger partial charge >= 0.3 is 0 Å². The van der Waals surface area contributed by atoms with Crippen LogP contribution in [0.1, 0.15) is 28.4 Å². The first-order chi connectivity index (χ1) is 9.97.